The van der Waals surface area contributed by atoms with Crippen molar-refractivity contribution >= 4 is 17.9 Å². The second-order valence-corrected chi connectivity index (χ2v) is 6.22. The molecule has 1 aromatic rings. The van der Waals surface area contributed by atoms with E-state index in [0.717, 1.165) is 0 Å². The van der Waals surface area contributed by atoms with Gasteiger partial charge in [-0.25, -0.2) is 9.59 Å². The van der Waals surface area contributed by atoms with Crippen molar-refractivity contribution in [3.05, 3.63) is 29.8 Å². The van der Waals surface area contributed by atoms with Gasteiger partial charge in [-0.3, -0.25) is 10.1 Å². The molecule has 3 rings (SSSR count). The highest BCUT2D eigenvalue weighted by Crippen LogP contribution is 2.25. The van der Waals surface area contributed by atoms with Crippen LogP contribution in [0.5, 0.6) is 5.75 Å². The van der Waals surface area contributed by atoms with Gasteiger partial charge in [0, 0.05) is 6.42 Å². The SMILES string of the molecule is O=C1NC(=O)C(Cc2ccc(OC3OC(C(=O)O)C(O)C(O)C3O)cc2)N1. The van der Waals surface area contributed by atoms with Crippen molar-refractivity contribution in [2.75, 3.05) is 0 Å². The van der Waals surface area contributed by atoms with Crippen LogP contribution in [0.2, 0.25) is 0 Å². The first kappa shape index (κ1) is 19.0. The minimum Gasteiger partial charge on any atom is -0.479 e. The number of aliphatic hydroxyl groups excluding tert-OH is 3. The van der Waals surface area contributed by atoms with E-state index in [9.17, 15) is 29.7 Å². The molecule has 2 aliphatic rings. The summed E-state index contributed by atoms with van der Waals surface area (Å²) < 4.78 is 10.4. The molecule has 2 heterocycles. The molecular weight excluding hydrogens is 364 g/mol. The number of carbonyl (C=O) groups is 3. The van der Waals surface area contributed by atoms with E-state index in [1.807, 2.05) is 0 Å². The molecule has 0 radical (unpaired) electrons. The number of nitrogens with one attached hydrogen (secondary N) is 2. The van der Waals surface area contributed by atoms with Crippen LogP contribution in [0.3, 0.4) is 0 Å². The van der Waals surface area contributed by atoms with E-state index in [4.69, 9.17) is 14.6 Å². The Balaban J connectivity index is 1.64. The number of rotatable bonds is 5. The fraction of sp³-hybridized carbons (Fsp3) is 0.438. The number of carboxylic acid groups (broad SMARTS) is 1. The summed E-state index contributed by atoms with van der Waals surface area (Å²) in [5.74, 6) is -1.73. The van der Waals surface area contributed by atoms with E-state index >= 15 is 0 Å². The van der Waals surface area contributed by atoms with Gasteiger partial charge >= 0.3 is 12.0 Å². The molecule has 11 nitrogen and oxygen atoms in total. The summed E-state index contributed by atoms with van der Waals surface area (Å²) in [5, 5.41) is 43.0. The lowest BCUT2D eigenvalue weighted by atomic mass is 9.99. The molecular formula is C16H18N2O9. The highest BCUT2D eigenvalue weighted by atomic mass is 16.7. The van der Waals surface area contributed by atoms with Crippen LogP contribution in [0.4, 0.5) is 4.79 Å². The largest absolute Gasteiger partial charge is 0.479 e. The number of carboxylic acids is 1. The van der Waals surface area contributed by atoms with Crippen molar-refractivity contribution in [1.29, 1.82) is 0 Å². The normalized spacial score (nSPS) is 33.3. The third-order valence-corrected chi connectivity index (χ3v) is 4.29. The molecule has 11 heteroatoms. The van der Waals surface area contributed by atoms with Crippen molar-refractivity contribution < 1.29 is 44.3 Å². The number of urea groups is 1. The Morgan fingerprint density at radius 2 is 1.74 bits per heavy atom. The predicted octanol–water partition coefficient (Wildman–Crippen LogP) is -2.29. The Hall–Kier alpha value is -2.73. The zero-order valence-electron chi connectivity index (χ0n) is 13.8. The Morgan fingerprint density at radius 1 is 1.07 bits per heavy atom. The molecule has 0 bridgehead atoms. The fourth-order valence-corrected chi connectivity index (χ4v) is 2.83. The predicted molar refractivity (Wildman–Crippen MR) is 85.6 cm³/mol. The minimum atomic E-state index is -1.80. The van der Waals surface area contributed by atoms with E-state index in [-0.39, 0.29) is 12.2 Å². The van der Waals surface area contributed by atoms with E-state index in [1.165, 1.54) is 12.1 Å². The van der Waals surface area contributed by atoms with E-state index in [2.05, 4.69) is 10.6 Å². The highest BCUT2D eigenvalue weighted by molar-refractivity contribution is 6.04. The first-order valence-corrected chi connectivity index (χ1v) is 8.05. The van der Waals surface area contributed by atoms with Gasteiger partial charge in [0.2, 0.25) is 6.29 Å². The highest BCUT2D eigenvalue weighted by Gasteiger charge is 2.48. The van der Waals surface area contributed by atoms with E-state index in [0.29, 0.717) is 5.56 Å². The van der Waals surface area contributed by atoms with Crippen LogP contribution in [0.1, 0.15) is 5.56 Å². The number of carbonyl (C=O) groups excluding carboxylic acids is 2. The van der Waals surface area contributed by atoms with E-state index < -0.39 is 54.7 Å². The van der Waals surface area contributed by atoms with Gasteiger partial charge in [-0.15, -0.1) is 0 Å². The Kier molecular flexibility index (Phi) is 5.28. The smallest absolute Gasteiger partial charge is 0.335 e. The zero-order valence-corrected chi connectivity index (χ0v) is 13.8. The van der Waals surface area contributed by atoms with Gasteiger partial charge in [0.25, 0.3) is 5.91 Å². The lowest BCUT2D eigenvalue weighted by molar-refractivity contribution is -0.271. The monoisotopic (exact) mass is 382 g/mol. The molecule has 0 saturated carbocycles. The Labute approximate surface area is 152 Å². The Morgan fingerprint density at radius 3 is 2.30 bits per heavy atom. The topological polar surface area (TPSA) is 175 Å². The van der Waals surface area contributed by atoms with Crippen molar-refractivity contribution in [2.24, 2.45) is 0 Å². The second-order valence-electron chi connectivity index (χ2n) is 6.22. The van der Waals surface area contributed by atoms with Crippen LogP contribution in [-0.2, 0) is 20.7 Å². The van der Waals surface area contributed by atoms with Gasteiger partial charge in [-0.05, 0) is 17.7 Å². The van der Waals surface area contributed by atoms with Crippen molar-refractivity contribution in [1.82, 2.24) is 10.6 Å². The molecule has 6 unspecified atom stereocenters. The van der Waals surface area contributed by atoms with Gasteiger partial charge in [-0.2, -0.15) is 0 Å². The number of aliphatic hydroxyl groups is 3. The summed E-state index contributed by atoms with van der Waals surface area (Å²) in [5.41, 5.74) is 0.716. The molecule has 2 aliphatic heterocycles. The van der Waals surface area contributed by atoms with Crippen LogP contribution in [0.15, 0.2) is 24.3 Å². The number of aliphatic carboxylic acids is 1. The molecule has 146 valence electrons. The van der Waals surface area contributed by atoms with Crippen LogP contribution >= 0.6 is 0 Å². The Bertz CT molecular complexity index is 738. The van der Waals surface area contributed by atoms with Gasteiger partial charge in [0.05, 0.1) is 0 Å². The molecule has 0 aliphatic carbocycles. The molecule has 2 saturated heterocycles. The maximum atomic E-state index is 11.5. The van der Waals surface area contributed by atoms with Crippen LogP contribution in [0.25, 0.3) is 0 Å². The number of amides is 3. The lowest BCUT2D eigenvalue weighted by Gasteiger charge is -2.38. The molecule has 0 spiro atoms. The first-order chi connectivity index (χ1) is 12.8. The third kappa shape index (κ3) is 4.01. The van der Waals surface area contributed by atoms with Crippen LogP contribution < -0.4 is 15.4 Å². The maximum Gasteiger partial charge on any atom is 0.335 e. The molecule has 27 heavy (non-hydrogen) atoms. The van der Waals surface area contributed by atoms with Crippen molar-refractivity contribution in [2.45, 2.75) is 43.2 Å². The lowest BCUT2D eigenvalue weighted by Crippen LogP contribution is -2.61. The molecule has 0 aromatic heterocycles. The average Bonchev–Trinajstić information content (AvgIpc) is 2.93. The summed E-state index contributed by atoms with van der Waals surface area (Å²) in [4.78, 5) is 33.7. The van der Waals surface area contributed by atoms with E-state index in [1.54, 1.807) is 12.1 Å². The minimum absolute atomic E-state index is 0.204. The first-order valence-electron chi connectivity index (χ1n) is 8.05. The van der Waals surface area contributed by atoms with Gasteiger partial charge in [-0.1, -0.05) is 12.1 Å². The summed E-state index contributed by atoms with van der Waals surface area (Å²) >= 11 is 0. The zero-order chi connectivity index (χ0) is 19.7. The number of imide groups is 1. The molecule has 6 atom stereocenters. The van der Waals surface area contributed by atoms with Crippen molar-refractivity contribution in [3.63, 3.8) is 0 Å². The molecule has 2 fully saturated rings. The fourth-order valence-electron chi connectivity index (χ4n) is 2.83. The quantitative estimate of drug-likeness (QED) is 0.306. The third-order valence-electron chi connectivity index (χ3n) is 4.29. The van der Waals surface area contributed by atoms with Crippen LogP contribution in [-0.4, -0.2) is 75.1 Å². The van der Waals surface area contributed by atoms with Crippen molar-refractivity contribution in [3.8, 4) is 5.75 Å². The molecule has 1 aromatic carbocycles. The summed E-state index contributed by atoms with van der Waals surface area (Å²) in [6, 6.07) is 4.98. The molecule has 6 N–H and O–H groups in total. The second kappa shape index (κ2) is 7.48. The number of hydrogen-bond donors (Lipinski definition) is 6. The summed E-state index contributed by atoms with van der Waals surface area (Å²) in [7, 11) is 0. The number of ether oxygens (including phenoxy) is 2. The summed E-state index contributed by atoms with van der Waals surface area (Å²) in [6.45, 7) is 0. The standard InChI is InChI=1S/C16H18N2O9/c19-9-10(20)12(14(23)24)27-15(11(9)21)26-7-3-1-6(2-4-7)5-8-13(22)18-16(25)17-8/h1-4,8-12,15,19-21H,5H2,(H,23,24)(H2,17,18,22,25). The maximum absolute atomic E-state index is 11.5. The summed E-state index contributed by atoms with van der Waals surface area (Å²) in [6.07, 6.45) is -8.21. The number of benzene rings is 1. The van der Waals surface area contributed by atoms with Crippen LogP contribution in [0, 0.1) is 0 Å². The molecule has 3 amide bonds. The number of hydrogen-bond acceptors (Lipinski definition) is 8. The van der Waals surface area contributed by atoms with Gasteiger partial charge in [0.1, 0.15) is 30.1 Å². The average molecular weight is 382 g/mol. The van der Waals surface area contributed by atoms with Gasteiger partial charge in [0.15, 0.2) is 6.10 Å². The van der Waals surface area contributed by atoms with Gasteiger partial charge < -0.3 is 35.2 Å².